The number of rotatable bonds is 3. The summed E-state index contributed by atoms with van der Waals surface area (Å²) in [4.78, 5) is 24.5. The van der Waals surface area contributed by atoms with Gasteiger partial charge in [0.15, 0.2) is 11.5 Å². The van der Waals surface area contributed by atoms with Gasteiger partial charge in [-0.25, -0.2) is 0 Å². The maximum absolute atomic E-state index is 12.4. The molecule has 3 heteroatoms. The van der Waals surface area contributed by atoms with Gasteiger partial charge in [-0.2, -0.15) is 0 Å². The average molecular weight is 290 g/mol. The number of carbonyl (C=O) groups excluding carboxylic acids is 2. The van der Waals surface area contributed by atoms with E-state index in [1.165, 1.54) is 6.08 Å². The lowest BCUT2D eigenvalue weighted by atomic mass is 9.94. The van der Waals surface area contributed by atoms with Crippen LogP contribution in [0, 0.1) is 6.92 Å². The van der Waals surface area contributed by atoms with Gasteiger partial charge in [0, 0.05) is 22.8 Å². The van der Waals surface area contributed by atoms with Crippen molar-refractivity contribution in [1.82, 2.24) is 0 Å². The molecule has 0 unspecified atom stereocenters. The standard InChI is InChI=1S/C19H14O3/c1-12-7-9-14(10-8-12)13(2)22-18-11-17(20)15-5-3-4-6-16(15)19(18)21/h3-11H,2H2,1H3. The van der Waals surface area contributed by atoms with E-state index in [2.05, 4.69) is 6.58 Å². The zero-order valence-corrected chi connectivity index (χ0v) is 12.1. The molecule has 108 valence electrons. The Morgan fingerprint density at radius 1 is 0.955 bits per heavy atom. The Kier molecular flexibility index (Phi) is 3.47. The molecule has 0 heterocycles. The summed E-state index contributed by atoms with van der Waals surface area (Å²) in [6, 6.07) is 14.3. The van der Waals surface area contributed by atoms with Crippen molar-refractivity contribution in [2.75, 3.05) is 0 Å². The molecule has 0 aliphatic heterocycles. The van der Waals surface area contributed by atoms with Crippen LogP contribution in [0.1, 0.15) is 31.8 Å². The van der Waals surface area contributed by atoms with E-state index in [-0.39, 0.29) is 17.3 Å². The minimum absolute atomic E-state index is 0.00859. The van der Waals surface area contributed by atoms with Gasteiger partial charge in [0.2, 0.25) is 5.78 Å². The van der Waals surface area contributed by atoms with Crippen LogP contribution >= 0.6 is 0 Å². The van der Waals surface area contributed by atoms with E-state index in [1.807, 2.05) is 31.2 Å². The van der Waals surface area contributed by atoms with Gasteiger partial charge in [-0.1, -0.05) is 60.7 Å². The van der Waals surface area contributed by atoms with Crippen molar-refractivity contribution in [3.8, 4) is 0 Å². The van der Waals surface area contributed by atoms with Crippen molar-refractivity contribution in [2.24, 2.45) is 0 Å². The van der Waals surface area contributed by atoms with Gasteiger partial charge >= 0.3 is 0 Å². The Hall–Kier alpha value is -2.94. The fourth-order valence-electron chi connectivity index (χ4n) is 2.30. The normalized spacial score (nSPS) is 13.4. The number of benzene rings is 2. The van der Waals surface area contributed by atoms with Crippen LogP contribution in [-0.2, 0) is 4.74 Å². The molecule has 0 saturated heterocycles. The molecule has 0 amide bonds. The predicted octanol–water partition coefficient (Wildman–Crippen LogP) is 3.95. The largest absolute Gasteiger partial charge is 0.453 e. The smallest absolute Gasteiger partial charge is 0.229 e. The Morgan fingerprint density at radius 2 is 1.59 bits per heavy atom. The lowest BCUT2D eigenvalue weighted by molar-refractivity contribution is 0.0938. The summed E-state index contributed by atoms with van der Waals surface area (Å²) in [6.07, 6.45) is 1.23. The van der Waals surface area contributed by atoms with E-state index in [0.29, 0.717) is 16.9 Å². The average Bonchev–Trinajstić information content (AvgIpc) is 2.53. The summed E-state index contributed by atoms with van der Waals surface area (Å²) < 4.78 is 5.55. The lowest BCUT2D eigenvalue weighted by Crippen LogP contribution is -2.18. The van der Waals surface area contributed by atoms with E-state index in [9.17, 15) is 9.59 Å². The minimum Gasteiger partial charge on any atom is -0.453 e. The third kappa shape index (κ3) is 2.49. The fourth-order valence-corrected chi connectivity index (χ4v) is 2.30. The van der Waals surface area contributed by atoms with Gasteiger partial charge in [-0.05, 0) is 6.92 Å². The molecule has 1 aliphatic carbocycles. The molecule has 3 nitrogen and oxygen atoms in total. The second-order valence-electron chi connectivity index (χ2n) is 5.14. The molecular formula is C19H14O3. The van der Waals surface area contributed by atoms with Crippen LogP contribution in [0.15, 0.2) is 66.9 Å². The first kappa shape index (κ1) is 14.0. The number of Topliss-reactive ketones (excluding diaryl/α,β-unsaturated/α-hetero) is 1. The van der Waals surface area contributed by atoms with E-state index in [1.54, 1.807) is 24.3 Å². The number of fused-ring (bicyclic) bond motifs is 1. The van der Waals surface area contributed by atoms with E-state index >= 15 is 0 Å². The predicted molar refractivity (Wildman–Crippen MR) is 84.5 cm³/mol. The zero-order chi connectivity index (χ0) is 15.7. The Morgan fingerprint density at radius 3 is 2.27 bits per heavy atom. The van der Waals surface area contributed by atoms with Gasteiger partial charge in [-0.15, -0.1) is 0 Å². The maximum Gasteiger partial charge on any atom is 0.229 e. The highest BCUT2D eigenvalue weighted by atomic mass is 16.5. The van der Waals surface area contributed by atoms with Gasteiger partial charge < -0.3 is 4.74 Å². The monoisotopic (exact) mass is 290 g/mol. The number of carbonyl (C=O) groups is 2. The van der Waals surface area contributed by atoms with Crippen LogP contribution in [0.2, 0.25) is 0 Å². The fraction of sp³-hybridized carbons (Fsp3) is 0.0526. The summed E-state index contributed by atoms with van der Waals surface area (Å²) in [7, 11) is 0. The van der Waals surface area contributed by atoms with Crippen molar-refractivity contribution in [1.29, 1.82) is 0 Å². The van der Waals surface area contributed by atoms with E-state index < -0.39 is 0 Å². The first-order chi connectivity index (χ1) is 10.6. The third-order valence-electron chi connectivity index (χ3n) is 3.53. The second kappa shape index (κ2) is 5.45. The second-order valence-corrected chi connectivity index (χ2v) is 5.14. The summed E-state index contributed by atoms with van der Waals surface area (Å²) >= 11 is 0. The van der Waals surface area contributed by atoms with Crippen LogP contribution in [0.3, 0.4) is 0 Å². The number of allylic oxidation sites excluding steroid dienone is 2. The van der Waals surface area contributed by atoms with Crippen molar-refractivity contribution < 1.29 is 14.3 Å². The van der Waals surface area contributed by atoms with Gasteiger partial charge in [0.25, 0.3) is 0 Å². The summed E-state index contributed by atoms with van der Waals surface area (Å²) in [5, 5.41) is 0. The number of hydrogen-bond acceptors (Lipinski definition) is 3. The van der Waals surface area contributed by atoms with Gasteiger partial charge in [-0.3, -0.25) is 9.59 Å². The molecule has 22 heavy (non-hydrogen) atoms. The molecule has 0 saturated carbocycles. The number of ketones is 2. The Bertz CT molecular complexity index is 811. The molecule has 0 aromatic heterocycles. The molecule has 3 rings (SSSR count). The van der Waals surface area contributed by atoms with Crippen molar-refractivity contribution in [2.45, 2.75) is 6.92 Å². The Balaban J connectivity index is 1.87. The molecule has 0 spiro atoms. The summed E-state index contributed by atoms with van der Waals surface area (Å²) in [6.45, 7) is 5.82. The van der Waals surface area contributed by atoms with Gasteiger partial charge in [0.05, 0.1) is 0 Å². The highest BCUT2D eigenvalue weighted by Gasteiger charge is 2.27. The SMILES string of the molecule is C=C(OC1=CC(=O)c2ccccc2C1=O)c1ccc(C)cc1. The number of ether oxygens (including phenoxy) is 1. The molecule has 0 radical (unpaired) electrons. The molecule has 2 aromatic rings. The maximum atomic E-state index is 12.4. The quantitative estimate of drug-likeness (QED) is 0.804. The molecule has 0 atom stereocenters. The topological polar surface area (TPSA) is 43.4 Å². The lowest BCUT2D eigenvalue weighted by Gasteiger charge is -2.16. The highest BCUT2D eigenvalue weighted by Crippen LogP contribution is 2.26. The first-order valence-corrected chi connectivity index (χ1v) is 6.90. The van der Waals surface area contributed by atoms with Crippen LogP contribution in [0.5, 0.6) is 0 Å². The highest BCUT2D eigenvalue weighted by molar-refractivity contribution is 6.23. The first-order valence-electron chi connectivity index (χ1n) is 6.90. The van der Waals surface area contributed by atoms with Crippen LogP contribution < -0.4 is 0 Å². The van der Waals surface area contributed by atoms with Crippen LogP contribution in [-0.4, -0.2) is 11.6 Å². The Labute approximate surface area is 128 Å². The number of hydrogen-bond donors (Lipinski definition) is 0. The molecule has 0 N–H and O–H groups in total. The van der Waals surface area contributed by atoms with Crippen LogP contribution in [0.25, 0.3) is 5.76 Å². The van der Waals surface area contributed by atoms with Gasteiger partial charge in [0.1, 0.15) is 5.76 Å². The van der Waals surface area contributed by atoms with E-state index in [4.69, 9.17) is 4.74 Å². The number of aryl methyl sites for hydroxylation is 1. The zero-order valence-electron chi connectivity index (χ0n) is 12.1. The van der Waals surface area contributed by atoms with Crippen molar-refractivity contribution in [3.63, 3.8) is 0 Å². The summed E-state index contributed by atoms with van der Waals surface area (Å²) in [5.74, 6) is -0.188. The molecule has 0 fully saturated rings. The molecule has 2 aromatic carbocycles. The van der Waals surface area contributed by atoms with Crippen molar-refractivity contribution in [3.05, 3.63) is 89.2 Å². The minimum atomic E-state index is -0.302. The summed E-state index contributed by atoms with van der Waals surface area (Å²) in [5.41, 5.74) is 2.65. The van der Waals surface area contributed by atoms with E-state index in [0.717, 1.165) is 11.1 Å². The molecular weight excluding hydrogens is 276 g/mol. The van der Waals surface area contributed by atoms with Crippen LogP contribution in [0.4, 0.5) is 0 Å². The molecule has 1 aliphatic rings. The third-order valence-corrected chi connectivity index (χ3v) is 3.53. The van der Waals surface area contributed by atoms with Crippen molar-refractivity contribution >= 4 is 17.3 Å². The molecule has 0 bridgehead atoms.